The Bertz CT molecular complexity index is 770. The molecule has 1 aromatic carbocycles. The monoisotopic (exact) mass is 432 g/mol. The fourth-order valence-corrected chi connectivity index (χ4v) is 4.44. The molecule has 0 bridgehead atoms. The topological polar surface area (TPSA) is 122 Å². The summed E-state index contributed by atoms with van der Waals surface area (Å²) in [4.78, 5) is 23.4. The van der Waals surface area contributed by atoms with Crippen LogP contribution >= 0.6 is 12.4 Å². The molecule has 1 aromatic rings. The van der Waals surface area contributed by atoms with Crippen LogP contribution in [0.3, 0.4) is 0 Å². The van der Waals surface area contributed by atoms with Crippen LogP contribution in [0.25, 0.3) is 0 Å². The summed E-state index contributed by atoms with van der Waals surface area (Å²) in [5.41, 5.74) is 6.28. The van der Waals surface area contributed by atoms with E-state index in [9.17, 15) is 18.0 Å². The molecule has 2 atom stereocenters. The highest BCUT2D eigenvalue weighted by molar-refractivity contribution is 7.89. The van der Waals surface area contributed by atoms with E-state index in [0.29, 0.717) is 12.2 Å². The summed E-state index contributed by atoms with van der Waals surface area (Å²) in [7, 11) is -2.43. The van der Waals surface area contributed by atoms with Gasteiger partial charge in [-0.25, -0.2) is 8.42 Å². The number of hydrogen-bond acceptors (Lipinski definition) is 5. The number of hydrogen-bond donors (Lipinski definition) is 3. The van der Waals surface area contributed by atoms with E-state index in [0.717, 1.165) is 30.0 Å². The Morgan fingerprint density at radius 1 is 1.18 bits per heavy atom. The van der Waals surface area contributed by atoms with Crippen LogP contribution in [0.15, 0.2) is 29.2 Å². The molecule has 2 rings (SSSR count). The molecule has 158 valence electrons. The number of carbonyl (C=O) groups excluding carboxylic acids is 2. The summed E-state index contributed by atoms with van der Waals surface area (Å²) in [6.45, 7) is 1.63. The molecule has 1 fully saturated rings. The van der Waals surface area contributed by atoms with Gasteiger partial charge in [-0.3, -0.25) is 9.59 Å². The average molecular weight is 433 g/mol. The minimum absolute atomic E-state index is 0. The first kappa shape index (κ1) is 24.4. The van der Waals surface area contributed by atoms with Gasteiger partial charge in [0, 0.05) is 25.7 Å². The number of nitrogens with two attached hydrogens (primary N) is 1. The number of nitrogens with one attached hydrogen (secondary N) is 2. The van der Waals surface area contributed by atoms with Gasteiger partial charge in [0.1, 0.15) is 0 Å². The lowest BCUT2D eigenvalue weighted by Gasteiger charge is -2.31. The highest BCUT2D eigenvalue weighted by Crippen LogP contribution is 2.23. The van der Waals surface area contributed by atoms with Gasteiger partial charge in [-0.2, -0.15) is 4.31 Å². The van der Waals surface area contributed by atoms with E-state index in [2.05, 4.69) is 10.6 Å². The van der Waals surface area contributed by atoms with E-state index in [-0.39, 0.29) is 47.6 Å². The van der Waals surface area contributed by atoms with Crippen molar-refractivity contribution in [2.24, 2.45) is 11.7 Å². The molecule has 0 saturated heterocycles. The third kappa shape index (κ3) is 6.44. The zero-order valence-electron chi connectivity index (χ0n) is 16.2. The highest BCUT2D eigenvalue weighted by Gasteiger charge is 2.28. The Labute approximate surface area is 172 Å². The largest absolute Gasteiger partial charge is 0.352 e. The molecule has 0 radical (unpaired) electrons. The van der Waals surface area contributed by atoms with Crippen LogP contribution in [0.5, 0.6) is 0 Å². The Hall–Kier alpha value is -1.68. The van der Waals surface area contributed by atoms with Gasteiger partial charge in [0.25, 0.3) is 0 Å². The smallest absolute Gasteiger partial charge is 0.243 e. The standard InChI is InChI=1S/C18H28N4O4S.ClH/c1-13(23)20-15-7-9-16(10-8-15)27(25,26)22(2)12-18(24)21-17-6-4-3-5-14(17)11-19;/h7-10,14,17H,3-6,11-12,19H2,1-2H3,(H,20,23)(H,21,24);1H. The van der Waals surface area contributed by atoms with E-state index in [1.54, 1.807) is 0 Å². The second-order valence-electron chi connectivity index (χ2n) is 6.92. The van der Waals surface area contributed by atoms with Crippen molar-refractivity contribution in [1.82, 2.24) is 9.62 Å². The summed E-state index contributed by atoms with van der Waals surface area (Å²) in [6.07, 6.45) is 4.00. The first-order chi connectivity index (χ1) is 12.7. The van der Waals surface area contributed by atoms with Crippen molar-refractivity contribution < 1.29 is 18.0 Å². The van der Waals surface area contributed by atoms with Crippen LogP contribution in [0.2, 0.25) is 0 Å². The maximum Gasteiger partial charge on any atom is 0.243 e. The van der Waals surface area contributed by atoms with Gasteiger partial charge in [0.15, 0.2) is 0 Å². The minimum atomic E-state index is -3.80. The van der Waals surface area contributed by atoms with Gasteiger partial charge in [-0.15, -0.1) is 12.4 Å². The molecule has 28 heavy (non-hydrogen) atoms. The lowest BCUT2D eigenvalue weighted by molar-refractivity contribution is -0.122. The molecule has 1 aliphatic carbocycles. The molecule has 0 heterocycles. The Morgan fingerprint density at radius 3 is 2.36 bits per heavy atom. The molecule has 8 nitrogen and oxygen atoms in total. The summed E-state index contributed by atoms with van der Waals surface area (Å²) in [5, 5.41) is 5.51. The number of nitrogens with zero attached hydrogens (tertiary/aromatic N) is 1. The van der Waals surface area contributed by atoms with Gasteiger partial charge in [0.05, 0.1) is 11.4 Å². The highest BCUT2D eigenvalue weighted by atomic mass is 35.5. The van der Waals surface area contributed by atoms with Crippen molar-refractivity contribution in [2.75, 3.05) is 25.5 Å². The Balaban J connectivity index is 0.00000392. The first-order valence-electron chi connectivity index (χ1n) is 9.07. The van der Waals surface area contributed by atoms with Crippen molar-refractivity contribution in [1.29, 1.82) is 0 Å². The second-order valence-corrected chi connectivity index (χ2v) is 8.97. The minimum Gasteiger partial charge on any atom is -0.352 e. The zero-order chi connectivity index (χ0) is 20.0. The van der Waals surface area contributed by atoms with Gasteiger partial charge in [-0.1, -0.05) is 12.8 Å². The van der Waals surface area contributed by atoms with Crippen LogP contribution < -0.4 is 16.4 Å². The quantitative estimate of drug-likeness (QED) is 0.599. The molecular weight excluding hydrogens is 404 g/mol. The number of benzene rings is 1. The van der Waals surface area contributed by atoms with Crippen LogP contribution in [0.4, 0.5) is 5.69 Å². The van der Waals surface area contributed by atoms with E-state index in [1.165, 1.54) is 38.2 Å². The maximum absolute atomic E-state index is 12.7. The van der Waals surface area contributed by atoms with Crippen molar-refractivity contribution in [3.63, 3.8) is 0 Å². The predicted octanol–water partition coefficient (Wildman–Crippen LogP) is 1.32. The van der Waals surface area contributed by atoms with E-state index >= 15 is 0 Å². The number of halogens is 1. The molecule has 1 saturated carbocycles. The van der Waals surface area contributed by atoms with Crippen LogP contribution in [0.1, 0.15) is 32.6 Å². The normalized spacial score (nSPS) is 19.6. The van der Waals surface area contributed by atoms with Crippen LogP contribution in [-0.2, 0) is 19.6 Å². The molecule has 1 aliphatic rings. The molecular formula is C18H29ClN4O4S. The Morgan fingerprint density at radius 2 is 1.79 bits per heavy atom. The maximum atomic E-state index is 12.7. The predicted molar refractivity (Wildman–Crippen MR) is 111 cm³/mol. The molecule has 2 amide bonds. The number of sulfonamides is 1. The summed E-state index contributed by atoms with van der Waals surface area (Å²) >= 11 is 0. The van der Waals surface area contributed by atoms with Gasteiger partial charge in [-0.05, 0) is 49.6 Å². The number of amides is 2. The van der Waals surface area contributed by atoms with Crippen LogP contribution in [0, 0.1) is 5.92 Å². The van der Waals surface area contributed by atoms with E-state index < -0.39 is 10.0 Å². The summed E-state index contributed by atoms with van der Waals surface area (Å²) in [5.74, 6) is -0.329. The van der Waals surface area contributed by atoms with Crippen molar-refractivity contribution >= 4 is 39.9 Å². The third-order valence-corrected chi connectivity index (χ3v) is 6.62. The van der Waals surface area contributed by atoms with Crippen LogP contribution in [-0.4, -0.2) is 50.7 Å². The van der Waals surface area contributed by atoms with Crippen molar-refractivity contribution in [2.45, 2.75) is 43.5 Å². The molecule has 0 aromatic heterocycles. The van der Waals surface area contributed by atoms with Crippen molar-refractivity contribution in [3.8, 4) is 0 Å². The first-order valence-corrected chi connectivity index (χ1v) is 10.5. The summed E-state index contributed by atoms with van der Waals surface area (Å²) in [6, 6.07) is 5.83. The Kier molecular flexibility index (Phi) is 9.35. The SMILES string of the molecule is CC(=O)Nc1ccc(S(=O)(=O)N(C)CC(=O)NC2CCCCC2CN)cc1.Cl. The fraction of sp³-hybridized carbons (Fsp3) is 0.556. The van der Waals surface area contributed by atoms with E-state index in [1.807, 2.05) is 0 Å². The van der Waals surface area contributed by atoms with E-state index in [4.69, 9.17) is 5.73 Å². The number of rotatable bonds is 7. The second kappa shape index (κ2) is 10.8. The van der Waals surface area contributed by atoms with Gasteiger partial charge >= 0.3 is 0 Å². The molecule has 4 N–H and O–H groups in total. The molecule has 2 unspecified atom stereocenters. The number of likely N-dealkylation sites (N-methyl/N-ethyl adjacent to an activating group) is 1. The lowest BCUT2D eigenvalue weighted by Crippen LogP contribution is -2.48. The summed E-state index contributed by atoms with van der Waals surface area (Å²) < 4.78 is 26.3. The number of anilines is 1. The lowest BCUT2D eigenvalue weighted by atomic mass is 9.84. The molecule has 0 spiro atoms. The fourth-order valence-electron chi connectivity index (χ4n) is 3.31. The van der Waals surface area contributed by atoms with Gasteiger partial charge in [0.2, 0.25) is 21.8 Å². The molecule has 0 aliphatic heterocycles. The van der Waals surface area contributed by atoms with Crippen molar-refractivity contribution in [3.05, 3.63) is 24.3 Å². The van der Waals surface area contributed by atoms with Gasteiger partial charge < -0.3 is 16.4 Å². The average Bonchev–Trinajstić information content (AvgIpc) is 2.62. The number of carbonyl (C=O) groups is 2. The zero-order valence-corrected chi connectivity index (χ0v) is 17.8. The third-order valence-electron chi connectivity index (χ3n) is 4.81. The molecule has 10 heteroatoms.